The lowest BCUT2D eigenvalue weighted by molar-refractivity contribution is -0.162. The standard InChI is InChI=1S/C10H17NO2/c12-10(7-5-13-6-7)3-8-1-2-9(4-10)11-8/h7-9,11-12H,1-6H2. The molecule has 3 heterocycles. The van der Waals surface area contributed by atoms with E-state index in [-0.39, 0.29) is 0 Å². The van der Waals surface area contributed by atoms with E-state index in [1.54, 1.807) is 0 Å². The monoisotopic (exact) mass is 183 g/mol. The van der Waals surface area contributed by atoms with Gasteiger partial charge >= 0.3 is 0 Å². The van der Waals surface area contributed by atoms with E-state index in [1.165, 1.54) is 12.8 Å². The smallest absolute Gasteiger partial charge is 0.0749 e. The van der Waals surface area contributed by atoms with Crippen molar-refractivity contribution in [2.45, 2.75) is 43.4 Å². The minimum Gasteiger partial charge on any atom is -0.389 e. The summed E-state index contributed by atoms with van der Waals surface area (Å²) in [7, 11) is 0. The fraction of sp³-hybridized carbons (Fsp3) is 1.00. The molecule has 0 radical (unpaired) electrons. The van der Waals surface area contributed by atoms with Gasteiger partial charge in [-0.25, -0.2) is 0 Å². The van der Waals surface area contributed by atoms with Gasteiger partial charge in [-0.2, -0.15) is 0 Å². The number of aliphatic hydroxyl groups is 1. The first kappa shape index (κ1) is 8.21. The largest absolute Gasteiger partial charge is 0.389 e. The molecule has 74 valence electrons. The molecule has 0 aromatic heterocycles. The van der Waals surface area contributed by atoms with Crippen LogP contribution < -0.4 is 5.32 Å². The second-order valence-corrected chi connectivity index (χ2v) is 4.88. The summed E-state index contributed by atoms with van der Waals surface area (Å²) in [5.41, 5.74) is -0.407. The summed E-state index contributed by atoms with van der Waals surface area (Å²) in [4.78, 5) is 0. The third-order valence-electron chi connectivity index (χ3n) is 3.93. The third kappa shape index (κ3) is 1.22. The van der Waals surface area contributed by atoms with Gasteiger partial charge in [-0.15, -0.1) is 0 Å². The van der Waals surface area contributed by atoms with Gasteiger partial charge in [-0.3, -0.25) is 0 Å². The van der Waals surface area contributed by atoms with Crippen LogP contribution in [0.2, 0.25) is 0 Å². The summed E-state index contributed by atoms with van der Waals surface area (Å²) in [5.74, 6) is 0.415. The Hall–Kier alpha value is -0.120. The molecule has 3 saturated heterocycles. The molecule has 0 aromatic carbocycles. The first-order chi connectivity index (χ1) is 6.26. The Kier molecular flexibility index (Phi) is 1.70. The van der Waals surface area contributed by atoms with E-state index in [1.807, 2.05) is 0 Å². The minimum atomic E-state index is -0.407. The number of piperidine rings is 1. The highest BCUT2D eigenvalue weighted by Crippen LogP contribution is 2.40. The minimum absolute atomic E-state index is 0.407. The Morgan fingerprint density at radius 1 is 1.15 bits per heavy atom. The number of fused-ring (bicyclic) bond motifs is 2. The van der Waals surface area contributed by atoms with E-state index in [0.29, 0.717) is 18.0 Å². The van der Waals surface area contributed by atoms with Crippen LogP contribution in [0.4, 0.5) is 0 Å². The summed E-state index contributed by atoms with van der Waals surface area (Å²) >= 11 is 0. The maximum Gasteiger partial charge on any atom is 0.0749 e. The van der Waals surface area contributed by atoms with E-state index in [0.717, 1.165) is 26.1 Å². The molecule has 2 unspecified atom stereocenters. The lowest BCUT2D eigenvalue weighted by Gasteiger charge is -2.46. The highest BCUT2D eigenvalue weighted by atomic mass is 16.5. The highest BCUT2D eigenvalue weighted by Gasteiger charge is 2.49. The van der Waals surface area contributed by atoms with Crippen LogP contribution in [0.15, 0.2) is 0 Å². The van der Waals surface area contributed by atoms with Crippen LogP contribution in [-0.4, -0.2) is 36.0 Å². The van der Waals surface area contributed by atoms with Crippen molar-refractivity contribution in [2.24, 2.45) is 5.92 Å². The second-order valence-electron chi connectivity index (χ2n) is 4.88. The van der Waals surface area contributed by atoms with Crippen LogP contribution in [0.3, 0.4) is 0 Å². The van der Waals surface area contributed by atoms with Gasteiger partial charge in [0.05, 0.1) is 18.8 Å². The maximum absolute atomic E-state index is 10.5. The van der Waals surface area contributed by atoms with Crippen molar-refractivity contribution in [2.75, 3.05) is 13.2 Å². The van der Waals surface area contributed by atoms with Crippen molar-refractivity contribution in [3.8, 4) is 0 Å². The van der Waals surface area contributed by atoms with Gasteiger partial charge < -0.3 is 15.2 Å². The van der Waals surface area contributed by atoms with Crippen molar-refractivity contribution in [1.82, 2.24) is 5.32 Å². The van der Waals surface area contributed by atoms with Crippen molar-refractivity contribution < 1.29 is 9.84 Å². The number of ether oxygens (including phenoxy) is 1. The molecule has 0 spiro atoms. The molecule has 3 rings (SSSR count). The lowest BCUT2D eigenvalue weighted by atomic mass is 9.76. The molecular weight excluding hydrogens is 166 g/mol. The molecule has 2 bridgehead atoms. The highest BCUT2D eigenvalue weighted by molar-refractivity contribution is 5.03. The van der Waals surface area contributed by atoms with Crippen molar-refractivity contribution >= 4 is 0 Å². The van der Waals surface area contributed by atoms with Gasteiger partial charge in [0, 0.05) is 18.0 Å². The van der Waals surface area contributed by atoms with Gasteiger partial charge in [0.25, 0.3) is 0 Å². The molecule has 2 atom stereocenters. The first-order valence-corrected chi connectivity index (χ1v) is 5.32. The topological polar surface area (TPSA) is 41.5 Å². The van der Waals surface area contributed by atoms with Gasteiger partial charge in [0.2, 0.25) is 0 Å². The Morgan fingerprint density at radius 2 is 1.77 bits per heavy atom. The SMILES string of the molecule is OC1(C2COC2)CC2CCC(C1)N2. The van der Waals surface area contributed by atoms with E-state index < -0.39 is 5.60 Å². The van der Waals surface area contributed by atoms with E-state index >= 15 is 0 Å². The summed E-state index contributed by atoms with van der Waals surface area (Å²) in [6.45, 7) is 1.55. The molecule has 0 amide bonds. The molecule has 3 fully saturated rings. The lowest BCUT2D eigenvalue weighted by Crippen LogP contribution is -2.57. The average Bonchev–Trinajstić information content (AvgIpc) is 2.25. The molecule has 3 nitrogen and oxygen atoms in total. The number of rotatable bonds is 1. The van der Waals surface area contributed by atoms with Gasteiger partial charge in [-0.1, -0.05) is 0 Å². The molecule has 3 aliphatic rings. The third-order valence-corrected chi connectivity index (χ3v) is 3.93. The average molecular weight is 183 g/mol. The van der Waals surface area contributed by atoms with Crippen LogP contribution in [-0.2, 0) is 4.74 Å². The Bertz CT molecular complexity index is 203. The summed E-state index contributed by atoms with van der Waals surface area (Å²) in [6, 6.07) is 1.15. The zero-order valence-corrected chi connectivity index (χ0v) is 7.83. The van der Waals surface area contributed by atoms with Crippen LogP contribution in [0.25, 0.3) is 0 Å². The summed E-state index contributed by atoms with van der Waals surface area (Å²) in [6.07, 6.45) is 4.39. The fourth-order valence-electron chi connectivity index (χ4n) is 3.04. The zero-order valence-electron chi connectivity index (χ0n) is 7.83. The number of nitrogens with one attached hydrogen (secondary N) is 1. The molecule has 0 aliphatic carbocycles. The van der Waals surface area contributed by atoms with E-state index in [4.69, 9.17) is 4.74 Å². The normalized spacial score (nSPS) is 50.5. The molecule has 13 heavy (non-hydrogen) atoms. The predicted octanol–water partition coefficient (Wildman–Crippen LogP) is 0.278. The van der Waals surface area contributed by atoms with Gasteiger partial charge in [0.1, 0.15) is 0 Å². The van der Waals surface area contributed by atoms with Crippen LogP contribution in [0.1, 0.15) is 25.7 Å². The molecule has 0 saturated carbocycles. The van der Waals surface area contributed by atoms with Crippen LogP contribution in [0, 0.1) is 5.92 Å². The molecule has 0 aromatic rings. The zero-order chi connectivity index (χ0) is 8.89. The van der Waals surface area contributed by atoms with Crippen molar-refractivity contribution in [1.29, 1.82) is 0 Å². The number of hydrogen-bond donors (Lipinski definition) is 2. The van der Waals surface area contributed by atoms with E-state index in [9.17, 15) is 5.11 Å². The Balaban J connectivity index is 1.76. The predicted molar refractivity (Wildman–Crippen MR) is 48.4 cm³/mol. The van der Waals surface area contributed by atoms with E-state index in [2.05, 4.69) is 5.32 Å². The number of hydrogen-bond acceptors (Lipinski definition) is 3. The Morgan fingerprint density at radius 3 is 2.23 bits per heavy atom. The quantitative estimate of drug-likeness (QED) is 0.613. The molecule has 3 aliphatic heterocycles. The second kappa shape index (κ2) is 2.69. The molecule has 3 heteroatoms. The first-order valence-electron chi connectivity index (χ1n) is 5.32. The van der Waals surface area contributed by atoms with Crippen LogP contribution in [0.5, 0.6) is 0 Å². The van der Waals surface area contributed by atoms with Gasteiger partial charge in [-0.05, 0) is 25.7 Å². The van der Waals surface area contributed by atoms with Gasteiger partial charge in [0.15, 0.2) is 0 Å². The van der Waals surface area contributed by atoms with Crippen LogP contribution >= 0.6 is 0 Å². The summed E-state index contributed by atoms with van der Waals surface area (Å²) < 4.78 is 5.16. The maximum atomic E-state index is 10.5. The molecule has 2 N–H and O–H groups in total. The Labute approximate surface area is 78.5 Å². The fourth-order valence-corrected chi connectivity index (χ4v) is 3.04. The molecular formula is C10H17NO2. The van der Waals surface area contributed by atoms with Crippen molar-refractivity contribution in [3.05, 3.63) is 0 Å². The summed E-state index contributed by atoms with van der Waals surface area (Å²) in [5, 5.41) is 14.0. The van der Waals surface area contributed by atoms with Crippen molar-refractivity contribution in [3.63, 3.8) is 0 Å².